The molecular formula is C32H36N2O4. The Bertz CT molecular complexity index is 1230. The molecular weight excluding hydrogens is 476 g/mol. The van der Waals surface area contributed by atoms with Gasteiger partial charge in [-0.15, -0.1) is 0 Å². The Hall–Kier alpha value is -3.95. The molecule has 0 bridgehead atoms. The molecule has 1 atom stereocenters. The maximum absolute atomic E-state index is 12.9. The number of aliphatic hydroxyl groups excluding tert-OH is 1. The molecule has 198 valence electrons. The fourth-order valence-corrected chi connectivity index (χ4v) is 4.31. The number of benzene rings is 3. The Labute approximate surface area is 225 Å². The van der Waals surface area contributed by atoms with Gasteiger partial charge in [0.05, 0.1) is 24.8 Å². The first-order valence-electron chi connectivity index (χ1n) is 13.2. The molecule has 6 heteroatoms. The van der Waals surface area contributed by atoms with Crippen molar-refractivity contribution in [3.8, 4) is 28.3 Å². The largest absolute Gasteiger partial charge is 0.469 e. The highest BCUT2D eigenvalue weighted by Crippen LogP contribution is 2.30. The SMILES string of the molecule is CCCCC(=O)N(CC[C@H](O)CCC(=O)OC)Cc1ccc(-c2cc(-c3ccccc3)ccc2C#N)cc1. The third-order valence-electron chi connectivity index (χ3n) is 6.62. The number of ether oxygens (including phenoxy) is 1. The van der Waals surface area contributed by atoms with E-state index in [1.54, 1.807) is 4.90 Å². The maximum atomic E-state index is 12.9. The number of aliphatic hydroxyl groups is 1. The zero-order chi connectivity index (χ0) is 27.3. The lowest BCUT2D eigenvalue weighted by Crippen LogP contribution is -2.33. The van der Waals surface area contributed by atoms with Gasteiger partial charge in [0, 0.05) is 31.5 Å². The van der Waals surface area contributed by atoms with E-state index in [0.717, 1.165) is 40.7 Å². The molecule has 0 radical (unpaired) electrons. The summed E-state index contributed by atoms with van der Waals surface area (Å²) in [6.07, 6.45) is 2.38. The predicted octanol–water partition coefficient (Wildman–Crippen LogP) is 6.12. The fourth-order valence-electron chi connectivity index (χ4n) is 4.31. The smallest absolute Gasteiger partial charge is 0.305 e. The zero-order valence-electron chi connectivity index (χ0n) is 22.2. The Kier molecular flexibility index (Phi) is 11.1. The van der Waals surface area contributed by atoms with E-state index >= 15 is 0 Å². The summed E-state index contributed by atoms with van der Waals surface area (Å²) in [5.74, 6) is -0.299. The minimum Gasteiger partial charge on any atom is -0.469 e. The number of rotatable bonds is 13. The van der Waals surface area contributed by atoms with Crippen LogP contribution in [-0.4, -0.2) is 41.6 Å². The van der Waals surface area contributed by atoms with Crippen molar-refractivity contribution < 1.29 is 19.4 Å². The molecule has 0 aliphatic heterocycles. The van der Waals surface area contributed by atoms with Crippen molar-refractivity contribution in [2.45, 2.75) is 58.1 Å². The van der Waals surface area contributed by atoms with Gasteiger partial charge in [0.15, 0.2) is 0 Å². The van der Waals surface area contributed by atoms with E-state index in [1.807, 2.05) is 72.8 Å². The molecule has 0 spiro atoms. The number of nitrogens with zero attached hydrogens (tertiary/aromatic N) is 2. The molecule has 0 aliphatic rings. The van der Waals surface area contributed by atoms with Crippen molar-refractivity contribution in [3.63, 3.8) is 0 Å². The average molecular weight is 513 g/mol. The first-order chi connectivity index (χ1) is 18.4. The number of methoxy groups -OCH3 is 1. The second-order valence-corrected chi connectivity index (χ2v) is 9.41. The van der Waals surface area contributed by atoms with Gasteiger partial charge in [0.25, 0.3) is 0 Å². The second-order valence-electron chi connectivity index (χ2n) is 9.41. The van der Waals surface area contributed by atoms with E-state index in [-0.39, 0.29) is 18.3 Å². The number of carbonyl (C=O) groups is 2. The van der Waals surface area contributed by atoms with Gasteiger partial charge in [-0.3, -0.25) is 9.59 Å². The monoisotopic (exact) mass is 512 g/mol. The molecule has 0 aliphatic carbocycles. The topological polar surface area (TPSA) is 90.6 Å². The third-order valence-corrected chi connectivity index (χ3v) is 6.62. The van der Waals surface area contributed by atoms with Crippen molar-refractivity contribution in [2.24, 2.45) is 0 Å². The fraction of sp³-hybridized carbons (Fsp3) is 0.344. The molecule has 0 heterocycles. The number of hydrogen-bond acceptors (Lipinski definition) is 5. The summed E-state index contributed by atoms with van der Waals surface area (Å²) in [5, 5.41) is 20.0. The molecule has 3 aromatic carbocycles. The minimum atomic E-state index is -0.681. The maximum Gasteiger partial charge on any atom is 0.305 e. The molecule has 0 aromatic heterocycles. The van der Waals surface area contributed by atoms with Crippen LogP contribution >= 0.6 is 0 Å². The highest BCUT2D eigenvalue weighted by molar-refractivity contribution is 5.78. The molecule has 6 nitrogen and oxygen atoms in total. The number of carbonyl (C=O) groups excluding carboxylic acids is 2. The Balaban J connectivity index is 1.74. The average Bonchev–Trinajstić information content (AvgIpc) is 2.97. The molecule has 0 saturated carbocycles. The van der Waals surface area contributed by atoms with Crippen molar-refractivity contribution >= 4 is 11.9 Å². The number of unbranched alkanes of at least 4 members (excludes halogenated alkanes) is 1. The first-order valence-corrected chi connectivity index (χ1v) is 13.2. The Morgan fingerprint density at radius 1 is 0.947 bits per heavy atom. The van der Waals surface area contributed by atoms with Crippen LogP contribution in [0, 0.1) is 11.3 Å². The quantitative estimate of drug-likeness (QED) is 0.279. The Morgan fingerprint density at radius 3 is 2.32 bits per heavy atom. The van der Waals surface area contributed by atoms with Gasteiger partial charge in [-0.2, -0.15) is 5.26 Å². The number of amides is 1. The Morgan fingerprint density at radius 2 is 1.66 bits per heavy atom. The lowest BCUT2D eigenvalue weighted by molar-refractivity contribution is -0.141. The second kappa shape index (κ2) is 14.7. The number of nitriles is 1. The van der Waals surface area contributed by atoms with E-state index < -0.39 is 6.10 Å². The van der Waals surface area contributed by atoms with Crippen molar-refractivity contribution in [3.05, 3.63) is 83.9 Å². The highest BCUT2D eigenvalue weighted by Gasteiger charge is 2.17. The van der Waals surface area contributed by atoms with E-state index in [2.05, 4.69) is 17.7 Å². The zero-order valence-corrected chi connectivity index (χ0v) is 22.2. The molecule has 0 saturated heterocycles. The van der Waals surface area contributed by atoms with Gasteiger partial charge in [-0.05, 0) is 53.6 Å². The van der Waals surface area contributed by atoms with Crippen LogP contribution in [0.5, 0.6) is 0 Å². The predicted molar refractivity (Wildman–Crippen MR) is 149 cm³/mol. The van der Waals surface area contributed by atoms with E-state index in [0.29, 0.717) is 37.9 Å². The van der Waals surface area contributed by atoms with Crippen LogP contribution in [-0.2, 0) is 20.9 Å². The molecule has 38 heavy (non-hydrogen) atoms. The lowest BCUT2D eigenvalue weighted by Gasteiger charge is -2.24. The summed E-state index contributed by atoms with van der Waals surface area (Å²) in [7, 11) is 1.33. The minimum absolute atomic E-state index is 0.0541. The van der Waals surface area contributed by atoms with Gasteiger partial charge in [0.1, 0.15) is 0 Å². The van der Waals surface area contributed by atoms with Crippen molar-refractivity contribution in [2.75, 3.05) is 13.7 Å². The third kappa shape index (κ3) is 8.29. The molecule has 1 amide bonds. The molecule has 0 unspecified atom stereocenters. The first kappa shape index (κ1) is 28.6. The van der Waals surface area contributed by atoms with Crippen LogP contribution in [0.3, 0.4) is 0 Å². The van der Waals surface area contributed by atoms with Gasteiger partial charge in [-0.25, -0.2) is 0 Å². The summed E-state index contributed by atoms with van der Waals surface area (Å²) in [6, 6.07) is 26.2. The van der Waals surface area contributed by atoms with E-state index in [9.17, 15) is 20.0 Å². The van der Waals surface area contributed by atoms with Gasteiger partial charge >= 0.3 is 5.97 Å². The van der Waals surface area contributed by atoms with Gasteiger partial charge in [-0.1, -0.05) is 74.0 Å². The summed E-state index contributed by atoms with van der Waals surface area (Å²) in [5.41, 5.74) is 5.51. The van der Waals surface area contributed by atoms with Crippen LogP contribution in [0.1, 0.15) is 56.6 Å². The van der Waals surface area contributed by atoms with E-state index in [4.69, 9.17) is 0 Å². The van der Waals surface area contributed by atoms with Crippen LogP contribution in [0.15, 0.2) is 72.8 Å². The van der Waals surface area contributed by atoms with Crippen LogP contribution in [0.2, 0.25) is 0 Å². The summed E-state index contributed by atoms with van der Waals surface area (Å²) in [4.78, 5) is 26.1. The highest BCUT2D eigenvalue weighted by atomic mass is 16.5. The standard InChI is InChI=1S/C32H36N2O4/c1-3-4-10-31(36)34(20-19-29(35)17-18-32(37)38-2)23-24-11-13-26(14-12-24)30-21-27(15-16-28(30)22-33)25-8-6-5-7-9-25/h5-9,11-16,21,29,35H,3-4,10,17-20,23H2,1-2H3/t29-/m1/s1. The normalized spacial score (nSPS) is 11.4. The molecule has 1 N–H and O–H groups in total. The summed E-state index contributed by atoms with van der Waals surface area (Å²) >= 11 is 0. The lowest BCUT2D eigenvalue weighted by atomic mass is 9.94. The summed E-state index contributed by atoms with van der Waals surface area (Å²) in [6.45, 7) is 2.89. The molecule has 0 fully saturated rings. The number of hydrogen-bond donors (Lipinski definition) is 1. The van der Waals surface area contributed by atoms with Crippen LogP contribution in [0.25, 0.3) is 22.3 Å². The molecule has 3 aromatic rings. The van der Waals surface area contributed by atoms with Crippen molar-refractivity contribution in [1.82, 2.24) is 4.90 Å². The molecule has 3 rings (SSSR count). The van der Waals surface area contributed by atoms with Gasteiger partial charge < -0.3 is 14.7 Å². The van der Waals surface area contributed by atoms with Crippen LogP contribution < -0.4 is 0 Å². The summed E-state index contributed by atoms with van der Waals surface area (Å²) < 4.78 is 4.64. The van der Waals surface area contributed by atoms with Crippen molar-refractivity contribution in [1.29, 1.82) is 5.26 Å². The van der Waals surface area contributed by atoms with E-state index in [1.165, 1.54) is 7.11 Å². The van der Waals surface area contributed by atoms with Crippen LogP contribution in [0.4, 0.5) is 0 Å². The van der Waals surface area contributed by atoms with Gasteiger partial charge in [0.2, 0.25) is 5.91 Å². The number of esters is 1.